The number of para-hydroxylation sites is 3. The summed E-state index contributed by atoms with van der Waals surface area (Å²) in [4.78, 5) is 6.03. The van der Waals surface area contributed by atoms with E-state index in [1.807, 2.05) is 0 Å². The number of fused-ring (bicyclic) bond motifs is 5. The molecule has 2 heteroatoms. The first-order chi connectivity index (χ1) is 14.1. The minimum atomic E-state index is -0.0796. The Kier molecular flexibility index (Phi) is 3.25. The molecule has 5 aromatic rings. The van der Waals surface area contributed by atoms with E-state index in [4.69, 9.17) is 0 Å². The number of nitrogens with zero attached hydrogens (tertiary/aromatic N) is 1. The third-order valence-corrected chi connectivity index (χ3v) is 6.37. The number of nitrogens with one attached hydrogen (secondary N) is 1. The SMILES string of the molecule is CC1(C)c2ccccc2N(c2ccccc2)c2cc3[nH]c4ccccc4c3cc21. The lowest BCUT2D eigenvalue weighted by Crippen LogP contribution is -2.30. The fourth-order valence-corrected chi connectivity index (χ4v) is 4.90. The molecule has 2 heterocycles. The monoisotopic (exact) mass is 374 g/mol. The first-order valence-corrected chi connectivity index (χ1v) is 10.1. The van der Waals surface area contributed by atoms with Crippen LogP contribution in [0.3, 0.4) is 0 Å². The van der Waals surface area contributed by atoms with Crippen molar-refractivity contribution >= 4 is 38.9 Å². The first kappa shape index (κ1) is 16.4. The van der Waals surface area contributed by atoms with E-state index in [-0.39, 0.29) is 5.41 Å². The van der Waals surface area contributed by atoms with Gasteiger partial charge in [0.25, 0.3) is 0 Å². The Morgan fingerprint density at radius 1 is 0.621 bits per heavy atom. The molecule has 0 fully saturated rings. The number of rotatable bonds is 1. The van der Waals surface area contributed by atoms with Gasteiger partial charge in [-0.15, -0.1) is 0 Å². The molecule has 1 aliphatic rings. The summed E-state index contributed by atoms with van der Waals surface area (Å²) in [5.74, 6) is 0. The third kappa shape index (κ3) is 2.23. The second-order valence-electron chi connectivity index (χ2n) is 8.40. The van der Waals surface area contributed by atoms with Gasteiger partial charge in [0.1, 0.15) is 0 Å². The third-order valence-electron chi connectivity index (χ3n) is 6.37. The molecule has 6 rings (SSSR count). The zero-order chi connectivity index (χ0) is 19.6. The van der Waals surface area contributed by atoms with E-state index in [0.717, 1.165) is 0 Å². The quantitative estimate of drug-likeness (QED) is 0.323. The van der Waals surface area contributed by atoms with E-state index in [9.17, 15) is 0 Å². The summed E-state index contributed by atoms with van der Waals surface area (Å²) in [7, 11) is 0. The molecule has 0 atom stereocenters. The molecule has 0 saturated carbocycles. The zero-order valence-electron chi connectivity index (χ0n) is 16.6. The Labute approximate surface area is 170 Å². The van der Waals surface area contributed by atoms with Crippen molar-refractivity contribution < 1.29 is 0 Å². The number of anilines is 3. The summed E-state index contributed by atoms with van der Waals surface area (Å²) in [6.07, 6.45) is 0. The van der Waals surface area contributed by atoms with Crippen molar-refractivity contribution in [1.82, 2.24) is 4.98 Å². The standard InChI is InChI=1S/C27H22N2/c1-27(2)21-13-7-9-15-25(21)29(18-10-4-3-5-11-18)26-17-24-20(16-22(26)27)19-12-6-8-14-23(19)28-24/h3-17,28H,1-2H3. The Balaban J connectivity index is 1.74. The van der Waals surface area contributed by atoms with Crippen LogP contribution in [0.1, 0.15) is 25.0 Å². The van der Waals surface area contributed by atoms with Gasteiger partial charge in [-0.25, -0.2) is 0 Å². The molecule has 29 heavy (non-hydrogen) atoms. The van der Waals surface area contributed by atoms with E-state index >= 15 is 0 Å². The van der Waals surface area contributed by atoms with Crippen LogP contribution in [0.2, 0.25) is 0 Å². The van der Waals surface area contributed by atoms with Crippen LogP contribution in [0.4, 0.5) is 17.1 Å². The lowest BCUT2D eigenvalue weighted by Gasteiger charge is -2.42. The molecule has 140 valence electrons. The molecule has 1 N–H and O–H groups in total. The van der Waals surface area contributed by atoms with Crippen LogP contribution < -0.4 is 4.90 Å². The highest BCUT2D eigenvalue weighted by Crippen LogP contribution is 2.52. The molecule has 0 bridgehead atoms. The number of hydrogen-bond acceptors (Lipinski definition) is 1. The van der Waals surface area contributed by atoms with Crippen LogP contribution in [0.5, 0.6) is 0 Å². The maximum Gasteiger partial charge on any atom is 0.0523 e. The summed E-state index contributed by atoms with van der Waals surface area (Å²) >= 11 is 0. The minimum Gasteiger partial charge on any atom is -0.354 e. The molecule has 0 aliphatic carbocycles. The Hall–Kier alpha value is -3.52. The smallest absolute Gasteiger partial charge is 0.0523 e. The topological polar surface area (TPSA) is 19.0 Å². The lowest BCUT2D eigenvalue weighted by atomic mass is 9.73. The average Bonchev–Trinajstić information content (AvgIpc) is 3.11. The average molecular weight is 374 g/mol. The molecule has 0 unspecified atom stereocenters. The Bertz CT molecular complexity index is 1380. The van der Waals surface area contributed by atoms with Crippen molar-refractivity contribution in [3.63, 3.8) is 0 Å². The molecule has 2 nitrogen and oxygen atoms in total. The highest BCUT2D eigenvalue weighted by atomic mass is 15.2. The summed E-state index contributed by atoms with van der Waals surface area (Å²) in [5, 5.41) is 2.58. The largest absolute Gasteiger partial charge is 0.354 e. The van der Waals surface area contributed by atoms with Crippen LogP contribution in [0, 0.1) is 0 Å². The number of aromatic amines is 1. The molecule has 4 aromatic carbocycles. The highest BCUT2D eigenvalue weighted by Gasteiger charge is 2.37. The normalized spacial score (nSPS) is 14.8. The number of hydrogen-bond donors (Lipinski definition) is 1. The molecule has 1 aliphatic heterocycles. The Morgan fingerprint density at radius 2 is 1.34 bits per heavy atom. The minimum absolute atomic E-state index is 0.0796. The van der Waals surface area contributed by atoms with Crippen LogP contribution in [0.15, 0.2) is 91.0 Å². The van der Waals surface area contributed by atoms with Crippen molar-refractivity contribution in [2.45, 2.75) is 19.3 Å². The fraction of sp³-hybridized carbons (Fsp3) is 0.111. The van der Waals surface area contributed by atoms with E-state index < -0.39 is 0 Å². The van der Waals surface area contributed by atoms with Gasteiger partial charge in [-0.3, -0.25) is 0 Å². The zero-order valence-corrected chi connectivity index (χ0v) is 16.6. The van der Waals surface area contributed by atoms with Gasteiger partial charge in [0.15, 0.2) is 0 Å². The van der Waals surface area contributed by atoms with Crippen molar-refractivity contribution in [3.05, 3.63) is 102 Å². The van der Waals surface area contributed by atoms with Gasteiger partial charge in [0.05, 0.1) is 11.4 Å². The maximum absolute atomic E-state index is 3.62. The van der Waals surface area contributed by atoms with Crippen molar-refractivity contribution in [2.75, 3.05) is 4.90 Å². The number of H-pyrrole nitrogens is 1. The van der Waals surface area contributed by atoms with Crippen molar-refractivity contribution in [2.24, 2.45) is 0 Å². The van der Waals surface area contributed by atoms with Crippen LogP contribution in [-0.4, -0.2) is 4.98 Å². The summed E-state index contributed by atoms with van der Waals surface area (Å²) in [5.41, 5.74) is 8.70. The highest BCUT2D eigenvalue weighted by molar-refractivity contribution is 6.09. The summed E-state index contributed by atoms with van der Waals surface area (Å²) in [6.45, 7) is 4.68. The molecule has 0 saturated heterocycles. The van der Waals surface area contributed by atoms with Crippen LogP contribution in [-0.2, 0) is 5.41 Å². The van der Waals surface area contributed by atoms with Gasteiger partial charge in [0.2, 0.25) is 0 Å². The van der Waals surface area contributed by atoms with Gasteiger partial charge in [-0.05, 0) is 47.5 Å². The predicted molar refractivity (Wildman–Crippen MR) is 123 cm³/mol. The second-order valence-corrected chi connectivity index (χ2v) is 8.40. The van der Waals surface area contributed by atoms with E-state index in [1.54, 1.807) is 0 Å². The summed E-state index contributed by atoms with van der Waals surface area (Å²) in [6, 6.07) is 32.8. The maximum atomic E-state index is 3.62. The molecular weight excluding hydrogens is 352 g/mol. The van der Waals surface area contributed by atoms with E-state index in [1.165, 1.54) is 50.0 Å². The van der Waals surface area contributed by atoms with E-state index in [0.29, 0.717) is 0 Å². The van der Waals surface area contributed by atoms with Gasteiger partial charge in [0, 0.05) is 32.9 Å². The number of benzene rings is 4. The van der Waals surface area contributed by atoms with Crippen LogP contribution in [0.25, 0.3) is 21.8 Å². The molecular formula is C27H22N2. The summed E-state index contributed by atoms with van der Waals surface area (Å²) < 4.78 is 0. The second kappa shape index (κ2) is 5.74. The van der Waals surface area contributed by atoms with Crippen molar-refractivity contribution in [3.8, 4) is 0 Å². The van der Waals surface area contributed by atoms with Gasteiger partial charge in [-0.1, -0.05) is 68.4 Å². The molecule has 0 radical (unpaired) electrons. The molecule has 1 aromatic heterocycles. The molecule has 0 amide bonds. The van der Waals surface area contributed by atoms with Crippen LogP contribution >= 0.6 is 0 Å². The number of aromatic nitrogens is 1. The van der Waals surface area contributed by atoms with E-state index in [2.05, 4.69) is 115 Å². The Morgan fingerprint density at radius 3 is 2.21 bits per heavy atom. The van der Waals surface area contributed by atoms with Crippen molar-refractivity contribution in [1.29, 1.82) is 0 Å². The molecule has 0 spiro atoms. The lowest BCUT2D eigenvalue weighted by molar-refractivity contribution is 0.633. The van der Waals surface area contributed by atoms with Gasteiger partial charge >= 0.3 is 0 Å². The van der Waals surface area contributed by atoms with Gasteiger partial charge < -0.3 is 9.88 Å². The van der Waals surface area contributed by atoms with Gasteiger partial charge in [-0.2, -0.15) is 0 Å². The first-order valence-electron chi connectivity index (χ1n) is 10.1. The fourth-order valence-electron chi connectivity index (χ4n) is 4.90. The predicted octanol–water partition coefficient (Wildman–Crippen LogP) is 7.43.